The predicted octanol–water partition coefficient (Wildman–Crippen LogP) is 2.83. The Morgan fingerprint density at radius 1 is 1.43 bits per heavy atom. The van der Waals surface area contributed by atoms with E-state index in [1.165, 1.54) is 32.2 Å². The van der Waals surface area contributed by atoms with Crippen molar-refractivity contribution in [2.75, 3.05) is 20.2 Å². The van der Waals surface area contributed by atoms with Crippen molar-refractivity contribution >= 4 is 0 Å². The van der Waals surface area contributed by atoms with Crippen molar-refractivity contribution in [3.8, 4) is 5.88 Å². The van der Waals surface area contributed by atoms with Gasteiger partial charge in [0.05, 0.1) is 12.8 Å². The molecule has 1 aromatic heterocycles. The van der Waals surface area contributed by atoms with Gasteiger partial charge in [0, 0.05) is 24.7 Å². The SMILES string of the molecule is CCCNC(C)C1CCCCN1Cc1cccc(OC)n1. The van der Waals surface area contributed by atoms with Crippen molar-refractivity contribution in [1.82, 2.24) is 15.2 Å². The largest absolute Gasteiger partial charge is 0.481 e. The number of ether oxygens (including phenoxy) is 1. The van der Waals surface area contributed by atoms with Gasteiger partial charge in [-0.3, -0.25) is 4.90 Å². The highest BCUT2D eigenvalue weighted by molar-refractivity contribution is 5.15. The molecule has 2 heterocycles. The maximum atomic E-state index is 5.23. The molecule has 1 aromatic rings. The number of likely N-dealkylation sites (tertiary alicyclic amines) is 1. The summed E-state index contributed by atoms with van der Waals surface area (Å²) in [5, 5.41) is 3.65. The van der Waals surface area contributed by atoms with E-state index in [9.17, 15) is 0 Å². The molecule has 2 unspecified atom stereocenters. The lowest BCUT2D eigenvalue weighted by molar-refractivity contribution is 0.110. The maximum Gasteiger partial charge on any atom is 0.213 e. The number of aromatic nitrogens is 1. The van der Waals surface area contributed by atoms with Gasteiger partial charge in [0.2, 0.25) is 5.88 Å². The van der Waals surface area contributed by atoms with Gasteiger partial charge in [-0.1, -0.05) is 19.4 Å². The number of methoxy groups -OCH3 is 1. The second-order valence-corrected chi connectivity index (χ2v) is 5.95. The molecule has 0 aromatic carbocycles. The maximum absolute atomic E-state index is 5.23. The van der Waals surface area contributed by atoms with Crippen molar-refractivity contribution in [3.05, 3.63) is 23.9 Å². The fourth-order valence-electron chi connectivity index (χ4n) is 3.15. The van der Waals surface area contributed by atoms with Crippen molar-refractivity contribution in [3.63, 3.8) is 0 Å². The summed E-state index contributed by atoms with van der Waals surface area (Å²) in [4.78, 5) is 7.14. The summed E-state index contributed by atoms with van der Waals surface area (Å²) in [5.74, 6) is 0.707. The van der Waals surface area contributed by atoms with Crippen molar-refractivity contribution in [2.24, 2.45) is 0 Å². The quantitative estimate of drug-likeness (QED) is 0.838. The molecule has 0 amide bonds. The lowest BCUT2D eigenvalue weighted by atomic mass is 9.96. The molecule has 118 valence electrons. The Labute approximate surface area is 128 Å². The molecule has 1 N–H and O–H groups in total. The van der Waals surface area contributed by atoms with Crippen LogP contribution in [0.5, 0.6) is 5.88 Å². The van der Waals surface area contributed by atoms with E-state index >= 15 is 0 Å². The molecular weight excluding hydrogens is 262 g/mol. The molecule has 21 heavy (non-hydrogen) atoms. The van der Waals surface area contributed by atoms with Gasteiger partial charge in [0.15, 0.2) is 0 Å². The van der Waals surface area contributed by atoms with Crippen molar-refractivity contribution in [1.29, 1.82) is 0 Å². The highest BCUT2D eigenvalue weighted by Gasteiger charge is 2.27. The molecule has 0 radical (unpaired) electrons. The van der Waals surface area contributed by atoms with Crippen LogP contribution in [0.2, 0.25) is 0 Å². The Morgan fingerprint density at radius 3 is 3.05 bits per heavy atom. The van der Waals surface area contributed by atoms with Gasteiger partial charge in [0.1, 0.15) is 0 Å². The van der Waals surface area contributed by atoms with E-state index in [-0.39, 0.29) is 0 Å². The van der Waals surface area contributed by atoms with Gasteiger partial charge >= 0.3 is 0 Å². The average molecular weight is 291 g/mol. The average Bonchev–Trinajstić information content (AvgIpc) is 2.53. The number of hydrogen-bond donors (Lipinski definition) is 1. The molecule has 1 aliphatic heterocycles. The first kappa shape index (κ1) is 16.2. The topological polar surface area (TPSA) is 37.4 Å². The summed E-state index contributed by atoms with van der Waals surface area (Å²) in [6, 6.07) is 7.17. The Bertz CT molecular complexity index is 424. The Balaban J connectivity index is 2.00. The fourth-order valence-corrected chi connectivity index (χ4v) is 3.15. The summed E-state index contributed by atoms with van der Waals surface area (Å²) in [7, 11) is 1.67. The number of pyridine rings is 1. The standard InChI is InChI=1S/C17H29N3O/c1-4-11-18-14(2)16-9-5-6-12-20(16)13-15-8-7-10-17(19-15)21-3/h7-8,10,14,16,18H,4-6,9,11-13H2,1-3H3. The minimum atomic E-state index is 0.538. The highest BCUT2D eigenvalue weighted by Crippen LogP contribution is 2.22. The Hall–Kier alpha value is -1.13. The monoisotopic (exact) mass is 291 g/mol. The summed E-state index contributed by atoms with van der Waals surface area (Å²) < 4.78 is 5.23. The van der Waals surface area contributed by atoms with Crippen LogP contribution in [0.1, 0.15) is 45.2 Å². The number of nitrogens with one attached hydrogen (secondary N) is 1. The van der Waals surface area contributed by atoms with Gasteiger partial charge in [-0.15, -0.1) is 0 Å². The predicted molar refractivity (Wildman–Crippen MR) is 86.6 cm³/mol. The number of hydrogen-bond acceptors (Lipinski definition) is 4. The Kier molecular flexibility index (Phi) is 6.46. The summed E-state index contributed by atoms with van der Waals surface area (Å²) in [5.41, 5.74) is 1.10. The van der Waals surface area contributed by atoms with E-state index in [4.69, 9.17) is 4.74 Å². The van der Waals surface area contributed by atoms with Gasteiger partial charge in [-0.2, -0.15) is 0 Å². The van der Waals surface area contributed by atoms with E-state index in [0.717, 1.165) is 18.8 Å². The molecule has 4 heteroatoms. The third-order valence-electron chi connectivity index (χ3n) is 4.31. The van der Waals surface area contributed by atoms with Crippen molar-refractivity contribution in [2.45, 2.75) is 58.2 Å². The molecule has 1 saturated heterocycles. The zero-order valence-corrected chi connectivity index (χ0v) is 13.6. The van der Waals surface area contributed by atoms with Crippen LogP contribution >= 0.6 is 0 Å². The first-order chi connectivity index (χ1) is 10.2. The number of rotatable bonds is 7. The van der Waals surface area contributed by atoms with Crippen LogP contribution in [0.15, 0.2) is 18.2 Å². The molecule has 1 fully saturated rings. The molecular formula is C17H29N3O. The zero-order chi connectivity index (χ0) is 15.1. The van der Waals surface area contributed by atoms with Crippen LogP contribution in [0.3, 0.4) is 0 Å². The third-order valence-corrected chi connectivity index (χ3v) is 4.31. The third kappa shape index (κ3) is 4.68. The second-order valence-electron chi connectivity index (χ2n) is 5.95. The van der Waals surface area contributed by atoms with E-state index in [2.05, 4.69) is 35.1 Å². The minimum absolute atomic E-state index is 0.538. The first-order valence-corrected chi connectivity index (χ1v) is 8.22. The van der Waals surface area contributed by atoms with E-state index in [0.29, 0.717) is 18.0 Å². The molecule has 0 aliphatic carbocycles. The van der Waals surface area contributed by atoms with Gasteiger partial charge in [-0.25, -0.2) is 4.98 Å². The lowest BCUT2D eigenvalue weighted by Crippen LogP contribution is -2.50. The molecule has 2 rings (SSSR count). The van der Waals surface area contributed by atoms with Crippen LogP contribution in [0.25, 0.3) is 0 Å². The van der Waals surface area contributed by atoms with Crippen LogP contribution in [-0.4, -0.2) is 42.2 Å². The van der Waals surface area contributed by atoms with E-state index in [1.54, 1.807) is 7.11 Å². The van der Waals surface area contributed by atoms with E-state index < -0.39 is 0 Å². The number of piperidine rings is 1. The van der Waals surface area contributed by atoms with Crippen LogP contribution in [-0.2, 0) is 6.54 Å². The van der Waals surface area contributed by atoms with Crippen LogP contribution in [0, 0.1) is 0 Å². The molecule has 0 bridgehead atoms. The second kappa shape index (κ2) is 8.35. The summed E-state index contributed by atoms with van der Waals surface area (Å²) in [6.07, 6.45) is 5.10. The van der Waals surface area contributed by atoms with Gasteiger partial charge < -0.3 is 10.1 Å². The summed E-state index contributed by atoms with van der Waals surface area (Å²) >= 11 is 0. The van der Waals surface area contributed by atoms with Gasteiger partial charge in [-0.05, 0) is 45.3 Å². The zero-order valence-electron chi connectivity index (χ0n) is 13.6. The van der Waals surface area contributed by atoms with Crippen LogP contribution in [0.4, 0.5) is 0 Å². The minimum Gasteiger partial charge on any atom is -0.481 e. The van der Waals surface area contributed by atoms with Gasteiger partial charge in [0.25, 0.3) is 0 Å². The normalized spacial score (nSPS) is 21.2. The highest BCUT2D eigenvalue weighted by atomic mass is 16.5. The Morgan fingerprint density at radius 2 is 2.29 bits per heavy atom. The molecule has 0 spiro atoms. The molecule has 2 atom stereocenters. The molecule has 1 aliphatic rings. The smallest absolute Gasteiger partial charge is 0.213 e. The summed E-state index contributed by atoms with van der Waals surface area (Å²) in [6.45, 7) is 7.72. The molecule has 0 saturated carbocycles. The van der Waals surface area contributed by atoms with E-state index in [1.807, 2.05) is 12.1 Å². The first-order valence-electron chi connectivity index (χ1n) is 8.22. The van der Waals surface area contributed by atoms with Crippen LogP contribution < -0.4 is 10.1 Å². The van der Waals surface area contributed by atoms with Crippen molar-refractivity contribution < 1.29 is 4.74 Å². The number of nitrogens with zero attached hydrogens (tertiary/aromatic N) is 2. The lowest BCUT2D eigenvalue weighted by Gasteiger charge is -2.39. The molecule has 4 nitrogen and oxygen atoms in total. The fraction of sp³-hybridized carbons (Fsp3) is 0.706.